The van der Waals surface area contributed by atoms with E-state index in [0.29, 0.717) is 12.2 Å². The molecule has 0 radical (unpaired) electrons. The van der Waals surface area contributed by atoms with Gasteiger partial charge in [0.15, 0.2) is 5.78 Å². The quantitative estimate of drug-likeness (QED) is 0.649. The minimum Gasteiger partial charge on any atom is -0.475 e. The van der Waals surface area contributed by atoms with Crippen LogP contribution in [0.25, 0.3) is 0 Å². The molecule has 2 aromatic carbocycles. The van der Waals surface area contributed by atoms with Crippen molar-refractivity contribution in [3.63, 3.8) is 0 Å². The molecule has 2 saturated heterocycles. The predicted molar refractivity (Wildman–Crippen MR) is 123 cm³/mol. The number of halogens is 3. The molecule has 4 unspecified atom stereocenters. The number of hydrogen-bond donors (Lipinski definition) is 1. The van der Waals surface area contributed by atoms with Gasteiger partial charge in [-0.25, -0.2) is 9.69 Å². The van der Waals surface area contributed by atoms with E-state index in [0.717, 1.165) is 16.7 Å². The number of para-hydroxylation sites is 1. The lowest BCUT2D eigenvalue weighted by Crippen LogP contribution is -2.48. The molecule has 188 valence electrons. The van der Waals surface area contributed by atoms with Gasteiger partial charge in [0.05, 0.1) is 23.6 Å². The zero-order chi connectivity index (χ0) is 26.4. The lowest BCUT2D eigenvalue weighted by Gasteiger charge is -2.33. The fourth-order valence-electron chi connectivity index (χ4n) is 5.27. The maximum Gasteiger partial charge on any atom is 0.490 e. The molecule has 3 aliphatic heterocycles. The summed E-state index contributed by atoms with van der Waals surface area (Å²) in [4.78, 5) is 51.6. The zero-order valence-electron chi connectivity index (χ0n) is 19.4. The summed E-state index contributed by atoms with van der Waals surface area (Å²) >= 11 is 0. The van der Waals surface area contributed by atoms with Crippen LogP contribution in [-0.2, 0) is 25.7 Å². The van der Waals surface area contributed by atoms with Crippen LogP contribution in [0.3, 0.4) is 0 Å². The number of carbonyl (C=O) groups is 4. The minimum absolute atomic E-state index is 0.0887. The van der Waals surface area contributed by atoms with Crippen LogP contribution >= 0.6 is 0 Å². The second-order valence-corrected chi connectivity index (χ2v) is 9.07. The highest BCUT2D eigenvalue weighted by Crippen LogP contribution is 2.47. The summed E-state index contributed by atoms with van der Waals surface area (Å²) in [5, 5.41) is 7.12. The van der Waals surface area contributed by atoms with Gasteiger partial charge in [-0.15, -0.1) is 0 Å². The SMILES string of the molecule is Cc1cc(C)cc(CN2C3C=CC(=O)C2C2C(=O)N(c4ccccc4)C(=O)C23)c1.O=C(O)C(F)(F)F. The summed E-state index contributed by atoms with van der Waals surface area (Å²) in [5.41, 5.74) is 4.00. The molecule has 3 heterocycles. The van der Waals surface area contributed by atoms with Gasteiger partial charge in [0.25, 0.3) is 0 Å². The van der Waals surface area contributed by atoms with E-state index in [1.54, 1.807) is 18.2 Å². The van der Waals surface area contributed by atoms with E-state index in [2.05, 4.69) is 18.2 Å². The molecular formula is C26H23F3N2O5. The number of rotatable bonds is 3. The number of aliphatic carboxylic acids is 1. The van der Waals surface area contributed by atoms with Gasteiger partial charge in [0.1, 0.15) is 0 Å². The molecule has 4 atom stereocenters. The van der Waals surface area contributed by atoms with Gasteiger partial charge in [-0.2, -0.15) is 13.2 Å². The van der Waals surface area contributed by atoms with E-state index in [9.17, 15) is 27.6 Å². The molecule has 7 nitrogen and oxygen atoms in total. The van der Waals surface area contributed by atoms with Gasteiger partial charge in [-0.05, 0) is 37.6 Å². The third-order valence-corrected chi connectivity index (χ3v) is 6.50. The molecule has 0 aliphatic carbocycles. The first-order valence-electron chi connectivity index (χ1n) is 11.2. The number of alkyl halides is 3. The maximum atomic E-state index is 13.3. The molecule has 2 bridgehead atoms. The van der Waals surface area contributed by atoms with Gasteiger partial charge < -0.3 is 5.11 Å². The van der Waals surface area contributed by atoms with Crippen LogP contribution in [0, 0.1) is 25.7 Å². The summed E-state index contributed by atoms with van der Waals surface area (Å²) in [6.45, 7) is 4.64. The Kier molecular flexibility index (Phi) is 6.57. The van der Waals surface area contributed by atoms with Crippen molar-refractivity contribution >= 4 is 29.3 Å². The van der Waals surface area contributed by atoms with Crippen molar-refractivity contribution in [3.05, 3.63) is 77.4 Å². The monoisotopic (exact) mass is 500 g/mol. The number of imide groups is 1. The third kappa shape index (κ3) is 4.56. The van der Waals surface area contributed by atoms with Gasteiger partial charge in [0.2, 0.25) is 11.8 Å². The van der Waals surface area contributed by atoms with Gasteiger partial charge >= 0.3 is 12.1 Å². The minimum atomic E-state index is -5.08. The number of anilines is 1. The Balaban J connectivity index is 0.000000384. The number of nitrogens with zero attached hydrogens (tertiary/aromatic N) is 2. The summed E-state index contributed by atoms with van der Waals surface area (Å²) in [7, 11) is 0. The molecule has 2 amide bonds. The zero-order valence-corrected chi connectivity index (χ0v) is 19.4. The summed E-state index contributed by atoms with van der Waals surface area (Å²) in [6.07, 6.45) is -1.72. The van der Waals surface area contributed by atoms with Crippen molar-refractivity contribution in [2.75, 3.05) is 4.90 Å². The Bertz CT molecular complexity index is 1240. The number of aryl methyl sites for hydroxylation is 2. The first kappa shape index (κ1) is 25.3. The number of fused-ring (bicyclic) bond motifs is 5. The summed E-state index contributed by atoms with van der Waals surface area (Å²) in [6, 6.07) is 14.5. The third-order valence-electron chi connectivity index (χ3n) is 6.50. The summed E-state index contributed by atoms with van der Waals surface area (Å²) < 4.78 is 31.7. The number of carbonyl (C=O) groups excluding carboxylic acids is 3. The highest BCUT2D eigenvalue weighted by molar-refractivity contribution is 6.24. The topological polar surface area (TPSA) is 95.0 Å². The largest absolute Gasteiger partial charge is 0.490 e. The van der Waals surface area contributed by atoms with Crippen molar-refractivity contribution in [2.24, 2.45) is 11.8 Å². The number of benzene rings is 2. The van der Waals surface area contributed by atoms with E-state index >= 15 is 0 Å². The van der Waals surface area contributed by atoms with Crippen LogP contribution in [0.4, 0.5) is 18.9 Å². The molecule has 0 saturated carbocycles. The Hall–Kier alpha value is -3.79. The first-order valence-corrected chi connectivity index (χ1v) is 11.2. The molecule has 0 aromatic heterocycles. The Labute approximate surface area is 204 Å². The van der Waals surface area contributed by atoms with Crippen LogP contribution in [0.1, 0.15) is 16.7 Å². The van der Waals surface area contributed by atoms with E-state index < -0.39 is 30.0 Å². The maximum absolute atomic E-state index is 13.3. The Morgan fingerprint density at radius 2 is 1.50 bits per heavy atom. The average Bonchev–Trinajstić information content (AvgIpc) is 3.17. The fraction of sp³-hybridized carbons (Fsp3) is 0.308. The van der Waals surface area contributed by atoms with Gasteiger partial charge in [0, 0.05) is 12.6 Å². The standard InChI is InChI=1S/C24H22N2O3.C2HF3O2/c1-14-10-15(2)12-16(11-14)13-25-18-8-9-19(27)22(25)21-20(18)23(28)26(24(21)29)17-6-4-3-5-7-17;3-2(4,5)1(6)7/h3-12,18,20-22H,13H2,1-2H3;(H,6,7). The van der Waals surface area contributed by atoms with Crippen LogP contribution < -0.4 is 4.90 Å². The first-order chi connectivity index (χ1) is 16.9. The number of hydrogen-bond acceptors (Lipinski definition) is 5. The van der Waals surface area contributed by atoms with Crippen LogP contribution in [0.5, 0.6) is 0 Å². The number of amides is 2. The van der Waals surface area contributed by atoms with E-state index in [4.69, 9.17) is 9.90 Å². The normalized spacial score (nSPS) is 25.0. The van der Waals surface area contributed by atoms with E-state index in [-0.39, 0.29) is 23.6 Å². The lowest BCUT2D eigenvalue weighted by molar-refractivity contribution is -0.192. The lowest BCUT2D eigenvalue weighted by atomic mass is 9.90. The van der Waals surface area contributed by atoms with Crippen molar-refractivity contribution in [2.45, 2.75) is 38.7 Å². The molecule has 10 heteroatoms. The molecule has 2 aromatic rings. The van der Waals surface area contributed by atoms with Crippen LogP contribution in [-0.4, -0.2) is 51.8 Å². The molecule has 2 fully saturated rings. The van der Waals surface area contributed by atoms with Crippen LogP contribution in [0.2, 0.25) is 0 Å². The van der Waals surface area contributed by atoms with E-state index in [1.807, 2.05) is 43.0 Å². The Morgan fingerprint density at radius 1 is 0.944 bits per heavy atom. The predicted octanol–water partition coefficient (Wildman–Crippen LogP) is 3.43. The molecule has 3 aliphatic rings. The second kappa shape index (κ2) is 9.34. The summed E-state index contributed by atoms with van der Waals surface area (Å²) in [5.74, 6) is -4.45. The molecular weight excluding hydrogens is 477 g/mol. The molecule has 0 spiro atoms. The molecule has 5 rings (SSSR count). The van der Waals surface area contributed by atoms with E-state index in [1.165, 1.54) is 4.90 Å². The van der Waals surface area contributed by atoms with Crippen molar-refractivity contribution < 1.29 is 37.5 Å². The highest BCUT2D eigenvalue weighted by atomic mass is 19.4. The smallest absolute Gasteiger partial charge is 0.475 e. The molecule has 1 N–H and O–H groups in total. The number of carboxylic acids is 1. The van der Waals surface area contributed by atoms with Crippen molar-refractivity contribution in [1.82, 2.24) is 4.90 Å². The molecule has 36 heavy (non-hydrogen) atoms. The second-order valence-electron chi connectivity index (χ2n) is 9.07. The number of ketones is 1. The van der Waals surface area contributed by atoms with Crippen molar-refractivity contribution in [3.8, 4) is 0 Å². The highest BCUT2D eigenvalue weighted by Gasteiger charge is 2.64. The van der Waals surface area contributed by atoms with Crippen molar-refractivity contribution in [1.29, 1.82) is 0 Å². The van der Waals surface area contributed by atoms with Gasteiger partial charge in [-0.3, -0.25) is 19.3 Å². The number of carboxylic acid groups (broad SMARTS) is 1. The van der Waals surface area contributed by atoms with Gasteiger partial charge in [-0.1, -0.05) is 53.6 Å². The van der Waals surface area contributed by atoms with Crippen LogP contribution in [0.15, 0.2) is 60.7 Å². The fourth-order valence-corrected chi connectivity index (χ4v) is 5.27. The Morgan fingerprint density at radius 3 is 2.06 bits per heavy atom. The average molecular weight is 500 g/mol.